The van der Waals surface area contributed by atoms with Gasteiger partial charge in [0, 0.05) is 6.61 Å². The molecule has 0 saturated heterocycles. The fourth-order valence-corrected chi connectivity index (χ4v) is 9.78. The summed E-state index contributed by atoms with van der Waals surface area (Å²) in [5.74, 6) is 7.34. The Balaban J connectivity index is 1.33. The number of rotatable bonds is 1. The Labute approximate surface area is 131 Å². The highest BCUT2D eigenvalue weighted by molar-refractivity contribution is 5.43. The maximum absolute atomic E-state index is 11.8. The van der Waals surface area contributed by atoms with E-state index in [0.29, 0.717) is 71.7 Å². The van der Waals surface area contributed by atoms with E-state index in [4.69, 9.17) is 0 Å². The second-order valence-electron chi connectivity index (χ2n) is 10.2. The van der Waals surface area contributed by atoms with Crippen LogP contribution in [0.15, 0.2) is 0 Å². The van der Waals surface area contributed by atoms with Crippen molar-refractivity contribution in [2.24, 2.45) is 76.9 Å². The second kappa shape index (κ2) is 2.95. The number of fused-ring (bicyclic) bond motifs is 15. The van der Waals surface area contributed by atoms with Gasteiger partial charge in [-0.1, -0.05) is 13.8 Å². The molecule has 0 radical (unpaired) electrons. The summed E-state index contributed by atoms with van der Waals surface area (Å²) in [6.45, 7) is 5.01. The predicted octanol–water partition coefficient (Wildman–Crippen LogP) is 0.977. The van der Waals surface area contributed by atoms with Crippen molar-refractivity contribution in [3.8, 4) is 0 Å². The van der Waals surface area contributed by atoms with Crippen LogP contribution < -0.4 is 0 Å². The molecule has 7 saturated carbocycles. The molecule has 15 atom stereocenters. The van der Waals surface area contributed by atoms with Crippen molar-refractivity contribution >= 4 is 0 Å². The van der Waals surface area contributed by atoms with Crippen molar-refractivity contribution in [2.75, 3.05) is 6.61 Å². The van der Waals surface area contributed by atoms with Gasteiger partial charge >= 0.3 is 0 Å². The first-order chi connectivity index (χ1) is 10.5. The van der Waals surface area contributed by atoms with Gasteiger partial charge in [-0.3, -0.25) is 0 Å². The summed E-state index contributed by atoms with van der Waals surface area (Å²) >= 11 is 0. The predicted molar refractivity (Wildman–Crippen MR) is 78.3 cm³/mol. The maximum Gasteiger partial charge on any atom is 0.101 e. The van der Waals surface area contributed by atoms with Crippen molar-refractivity contribution in [1.82, 2.24) is 0 Å². The van der Waals surface area contributed by atoms with Gasteiger partial charge in [-0.25, -0.2) is 0 Å². The van der Waals surface area contributed by atoms with Crippen LogP contribution in [0.3, 0.4) is 0 Å². The molecule has 0 aromatic rings. The highest BCUT2D eigenvalue weighted by Crippen LogP contribution is 2.91. The molecule has 0 bridgehead atoms. The lowest BCUT2D eigenvalue weighted by atomic mass is 9.23. The van der Waals surface area contributed by atoms with Crippen LogP contribution in [0.5, 0.6) is 0 Å². The van der Waals surface area contributed by atoms with Gasteiger partial charge in [-0.2, -0.15) is 0 Å². The molecule has 0 amide bonds. The van der Waals surface area contributed by atoms with E-state index in [1.807, 2.05) is 0 Å². The van der Waals surface area contributed by atoms with E-state index in [1.54, 1.807) is 0 Å². The first kappa shape index (κ1) is 12.3. The fraction of sp³-hybridized carbons (Fsp3) is 1.00. The lowest BCUT2D eigenvalue weighted by molar-refractivity contribution is -0.441. The fourth-order valence-electron chi connectivity index (χ4n) is 9.78. The van der Waals surface area contributed by atoms with E-state index in [-0.39, 0.29) is 0 Å². The lowest BCUT2D eigenvalue weighted by Crippen LogP contribution is -2.90. The van der Waals surface area contributed by atoms with Crippen molar-refractivity contribution in [1.29, 1.82) is 0 Å². The number of aliphatic hydroxyl groups is 3. The maximum atomic E-state index is 11.8. The van der Waals surface area contributed by atoms with E-state index < -0.39 is 11.2 Å². The Kier molecular flexibility index (Phi) is 1.65. The topological polar surface area (TPSA) is 60.7 Å². The summed E-state index contributed by atoms with van der Waals surface area (Å²) in [4.78, 5) is 0. The molecule has 3 nitrogen and oxygen atoms in total. The molecule has 7 aliphatic rings. The van der Waals surface area contributed by atoms with Gasteiger partial charge in [0.25, 0.3) is 0 Å². The number of aliphatic hydroxyl groups excluding tert-OH is 1. The average molecular weight is 302 g/mol. The van der Waals surface area contributed by atoms with Crippen molar-refractivity contribution in [2.45, 2.75) is 31.5 Å². The van der Waals surface area contributed by atoms with Crippen LogP contribution >= 0.6 is 0 Å². The average Bonchev–Trinajstić information content (AvgIpc) is 3.33. The lowest BCUT2D eigenvalue weighted by Gasteiger charge is -2.84. The first-order valence-corrected chi connectivity index (χ1v) is 9.55. The molecule has 7 aliphatic carbocycles. The van der Waals surface area contributed by atoms with Crippen LogP contribution in [-0.4, -0.2) is 33.1 Å². The summed E-state index contributed by atoms with van der Waals surface area (Å²) in [5.41, 5.74) is -1.53. The minimum atomic E-state index is -0.777. The van der Waals surface area contributed by atoms with Gasteiger partial charge in [0.05, 0.1) is 0 Å². The van der Waals surface area contributed by atoms with Gasteiger partial charge in [0.2, 0.25) is 0 Å². The zero-order valence-electron chi connectivity index (χ0n) is 13.3. The summed E-state index contributed by atoms with van der Waals surface area (Å²) in [6, 6.07) is 0. The molecule has 0 heterocycles. The Morgan fingerprint density at radius 2 is 1.50 bits per heavy atom. The molecule has 0 aliphatic heterocycles. The highest BCUT2D eigenvalue weighted by atomic mass is 16.4. The van der Waals surface area contributed by atoms with Crippen molar-refractivity contribution in [3.63, 3.8) is 0 Å². The van der Waals surface area contributed by atoms with Gasteiger partial charge in [-0.15, -0.1) is 0 Å². The van der Waals surface area contributed by atoms with Crippen LogP contribution in [0, 0.1) is 76.9 Å². The minimum absolute atomic E-state index is 0.331. The van der Waals surface area contributed by atoms with E-state index in [0.717, 1.165) is 18.3 Å². The molecule has 3 N–H and O–H groups in total. The highest BCUT2D eigenvalue weighted by Gasteiger charge is 2.95. The van der Waals surface area contributed by atoms with E-state index in [1.165, 1.54) is 0 Å². The summed E-state index contributed by atoms with van der Waals surface area (Å²) in [6.07, 6.45) is 1.16. The summed E-state index contributed by atoms with van der Waals surface area (Å²) in [7, 11) is 0. The smallest absolute Gasteiger partial charge is 0.101 e. The largest absolute Gasteiger partial charge is 0.396 e. The Hall–Kier alpha value is -0.120. The Morgan fingerprint density at radius 3 is 2.23 bits per heavy atom. The molecule has 15 unspecified atom stereocenters. The third kappa shape index (κ3) is 0.787. The van der Waals surface area contributed by atoms with Crippen molar-refractivity contribution in [3.05, 3.63) is 0 Å². The van der Waals surface area contributed by atoms with E-state index >= 15 is 0 Å². The molecule has 22 heavy (non-hydrogen) atoms. The molecule has 0 aromatic heterocycles. The zero-order chi connectivity index (χ0) is 14.9. The molecular weight excluding hydrogens is 276 g/mol. The quantitative estimate of drug-likeness (QED) is 0.633. The molecule has 7 fully saturated rings. The molecule has 7 rings (SSSR count). The molecule has 0 spiro atoms. The third-order valence-electron chi connectivity index (χ3n) is 10.5. The SMILES string of the molecule is CC1C(C)C2C3C4C5C(CO)C5C4C3C2(O)C2(O)C3CC3C12. The molecule has 120 valence electrons. The van der Waals surface area contributed by atoms with E-state index in [2.05, 4.69) is 13.8 Å². The monoisotopic (exact) mass is 302 g/mol. The number of hydrogen-bond donors (Lipinski definition) is 3. The van der Waals surface area contributed by atoms with Gasteiger partial charge in [-0.05, 0) is 83.4 Å². The zero-order valence-corrected chi connectivity index (χ0v) is 13.3. The molecule has 0 aromatic carbocycles. The summed E-state index contributed by atoms with van der Waals surface area (Å²) < 4.78 is 0. The second-order valence-corrected chi connectivity index (χ2v) is 10.2. The van der Waals surface area contributed by atoms with Crippen LogP contribution in [0.25, 0.3) is 0 Å². The van der Waals surface area contributed by atoms with Crippen LogP contribution in [0.1, 0.15) is 20.3 Å². The normalized spacial score (nSPS) is 83.6. The van der Waals surface area contributed by atoms with Crippen LogP contribution in [-0.2, 0) is 0 Å². The molecular formula is C19H26O3. The van der Waals surface area contributed by atoms with E-state index in [9.17, 15) is 15.3 Å². The van der Waals surface area contributed by atoms with Gasteiger partial charge < -0.3 is 15.3 Å². The van der Waals surface area contributed by atoms with Gasteiger partial charge in [0.15, 0.2) is 0 Å². The van der Waals surface area contributed by atoms with Gasteiger partial charge in [0.1, 0.15) is 11.2 Å². The third-order valence-corrected chi connectivity index (χ3v) is 10.5. The van der Waals surface area contributed by atoms with Crippen molar-refractivity contribution < 1.29 is 15.3 Å². The Bertz CT molecular complexity index is 620. The van der Waals surface area contributed by atoms with Crippen LogP contribution in [0.4, 0.5) is 0 Å². The number of hydrogen-bond acceptors (Lipinski definition) is 3. The minimum Gasteiger partial charge on any atom is -0.396 e. The Morgan fingerprint density at radius 1 is 0.818 bits per heavy atom. The molecule has 3 heteroatoms. The standard InChI is InChI=1S/C19H26O3/c1-5-6(2)16-14-12-10-8(4-20)11(10)13(12)17(14)19(16,22)18(21)9-3-7(9)15(5)18/h5-17,20-22H,3-4H2,1-2H3. The summed E-state index contributed by atoms with van der Waals surface area (Å²) in [5, 5.41) is 32.9. The van der Waals surface area contributed by atoms with Crippen LogP contribution in [0.2, 0.25) is 0 Å². The first-order valence-electron chi connectivity index (χ1n) is 9.55.